The number of carbonyl (C=O) groups excluding carboxylic acids is 2. The number of nitrogens with zero attached hydrogens (tertiary/aromatic N) is 2. The molecule has 0 spiro atoms. The molecule has 49 heavy (non-hydrogen) atoms. The van der Waals surface area contributed by atoms with Crippen LogP contribution in [0.2, 0.25) is 0 Å². The van der Waals surface area contributed by atoms with Gasteiger partial charge in [-0.1, -0.05) is 119 Å². The highest BCUT2D eigenvalue weighted by Crippen LogP contribution is 2.30. The minimum atomic E-state index is -0.417. The molecule has 0 aliphatic carbocycles. The summed E-state index contributed by atoms with van der Waals surface area (Å²) in [6, 6.07) is 43.7. The lowest BCUT2D eigenvalue weighted by Crippen LogP contribution is -2.50. The van der Waals surface area contributed by atoms with Gasteiger partial charge in [0.25, 0.3) is 11.8 Å². The highest BCUT2D eigenvalue weighted by molar-refractivity contribution is 9.10. The Hall–Kier alpha value is -4.83. The molecule has 0 radical (unpaired) electrons. The first-order chi connectivity index (χ1) is 24.0. The third-order valence-electron chi connectivity index (χ3n) is 8.51. The first-order valence-corrected chi connectivity index (χ1v) is 17.5. The Morgan fingerprint density at radius 3 is 1.98 bits per heavy atom. The number of thiocarbonyl (C=S) groups is 1. The number of rotatable bonds is 10. The SMILES string of the molecule is O=C(NC(=S)Nc1ccccc1C(=O)N1CCN(C(c2ccccc2)c2ccccc2)CC1)c1cc(Br)ccc1OCCc1ccccc1. The van der Waals surface area contributed by atoms with Crippen molar-refractivity contribution in [3.8, 4) is 5.75 Å². The van der Waals surface area contributed by atoms with Crippen LogP contribution in [0, 0.1) is 0 Å². The van der Waals surface area contributed by atoms with Crippen LogP contribution in [-0.4, -0.2) is 59.5 Å². The highest BCUT2D eigenvalue weighted by Gasteiger charge is 2.29. The van der Waals surface area contributed by atoms with Gasteiger partial charge in [0.2, 0.25) is 0 Å². The summed E-state index contributed by atoms with van der Waals surface area (Å²) in [5.41, 5.74) is 4.97. The average Bonchev–Trinajstić information content (AvgIpc) is 3.14. The number of hydrogen-bond acceptors (Lipinski definition) is 5. The minimum Gasteiger partial charge on any atom is -0.492 e. The molecule has 248 valence electrons. The molecule has 5 aromatic rings. The van der Waals surface area contributed by atoms with Crippen LogP contribution in [0.15, 0.2) is 138 Å². The Bertz CT molecular complexity index is 1840. The van der Waals surface area contributed by atoms with Crippen molar-refractivity contribution in [2.75, 3.05) is 38.1 Å². The van der Waals surface area contributed by atoms with Gasteiger partial charge in [-0.3, -0.25) is 19.8 Å². The largest absolute Gasteiger partial charge is 0.492 e. The summed E-state index contributed by atoms with van der Waals surface area (Å²) in [7, 11) is 0. The Morgan fingerprint density at radius 1 is 0.735 bits per heavy atom. The normalized spacial score (nSPS) is 13.1. The lowest BCUT2D eigenvalue weighted by atomic mass is 9.96. The molecule has 0 atom stereocenters. The predicted octanol–water partition coefficient (Wildman–Crippen LogP) is 7.74. The third-order valence-corrected chi connectivity index (χ3v) is 9.20. The predicted molar refractivity (Wildman–Crippen MR) is 202 cm³/mol. The third kappa shape index (κ3) is 8.80. The number of halogens is 1. The highest BCUT2D eigenvalue weighted by atomic mass is 79.9. The molecule has 5 aromatic carbocycles. The maximum absolute atomic E-state index is 13.9. The van der Waals surface area contributed by atoms with Crippen LogP contribution in [0.3, 0.4) is 0 Å². The molecule has 0 unspecified atom stereocenters. The molecule has 1 heterocycles. The Balaban J connectivity index is 1.09. The van der Waals surface area contributed by atoms with Gasteiger partial charge in [-0.25, -0.2) is 0 Å². The van der Waals surface area contributed by atoms with Crippen molar-refractivity contribution in [2.45, 2.75) is 12.5 Å². The zero-order valence-electron chi connectivity index (χ0n) is 26.9. The van der Waals surface area contributed by atoms with Gasteiger partial charge in [0.05, 0.1) is 29.5 Å². The monoisotopic (exact) mass is 732 g/mol. The summed E-state index contributed by atoms with van der Waals surface area (Å²) in [6.45, 7) is 3.04. The fourth-order valence-corrected chi connectivity index (χ4v) is 6.63. The Labute approximate surface area is 301 Å². The molecular formula is C40H37BrN4O3S. The van der Waals surface area contributed by atoms with E-state index in [2.05, 4.69) is 80.0 Å². The molecule has 7 nitrogen and oxygen atoms in total. The molecule has 6 rings (SSSR count). The zero-order valence-corrected chi connectivity index (χ0v) is 29.3. The number of benzene rings is 5. The Morgan fingerprint density at radius 2 is 1.33 bits per heavy atom. The van der Waals surface area contributed by atoms with Gasteiger partial charge in [0.1, 0.15) is 5.75 Å². The second-order valence-corrected chi connectivity index (χ2v) is 13.1. The number of amides is 2. The quantitative estimate of drug-likeness (QED) is 0.143. The summed E-state index contributed by atoms with van der Waals surface area (Å²) in [4.78, 5) is 31.6. The average molecular weight is 734 g/mol. The molecule has 9 heteroatoms. The lowest BCUT2D eigenvalue weighted by Gasteiger charge is -2.40. The van der Waals surface area contributed by atoms with Crippen molar-refractivity contribution in [1.29, 1.82) is 0 Å². The van der Waals surface area contributed by atoms with Gasteiger partial charge in [-0.15, -0.1) is 0 Å². The van der Waals surface area contributed by atoms with Crippen molar-refractivity contribution in [2.24, 2.45) is 0 Å². The van der Waals surface area contributed by atoms with Crippen molar-refractivity contribution in [3.05, 3.63) is 166 Å². The molecule has 1 aliphatic heterocycles. The van der Waals surface area contributed by atoms with E-state index in [-0.39, 0.29) is 17.1 Å². The fraction of sp³-hybridized carbons (Fsp3) is 0.175. The summed E-state index contributed by atoms with van der Waals surface area (Å²) in [5, 5.41) is 5.94. The summed E-state index contributed by atoms with van der Waals surface area (Å²) in [5.74, 6) is -0.0512. The van der Waals surface area contributed by atoms with E-state index >= 15 is 0 Å². The first-order valence-electron chi connectivity index (χ1n) is 16.3. The van der Waals surface area contributed by atoms with Crippen LogP contribution in [0.1, 0.15) is 43.4 Å². The van der Waals surface area contributed by atoms with E-state index in [4.69, 9.17) is 17.0 Å². The van der Waals surface area contributed by atoms with Crippen molar-refractivity contribution >= 4 is 50.8 Å². The van der Waals surface area contributed by atoms with Gasteiger partial charge < -0.3 is 15.0 Å². The number of hydrogen-bond donors (Lipinski definition) is 2. The maximum atomic E-state index is 13.9. The van der Waals surface area contributed by atoms with E-state index in [1.165, 1.54) is 11.1 Å². The number of anilines is 1. The van der Waals surface area contributed by atoms with E-state index in [0.29, 0.717) is 48.7 Å². The lowest BCUT2D eigenvalue weighted by molar-refractivity contribution is 0.0598. The standard InChI is InChI=1S/C40H37BrN4O3S/c41-32-20-21-36(48-27-22-29-12-4-1-5-13-29)34(28-32)38(46)43-40(49)42-35-19-11-10-18-33(35)39(47)45-25-23-44(24-26-45)37(30-14-6-2-7-15-30)31-16-8-3-9-17-31/h1-21,28,37H,22-27H2,(H2,42,43,46,49). The summed E-state index contributed by atoms with van der Waals surface area (Å²) in [6.07, 6.45) is 0.707. The number of piperazine rings is 1. The summed E-state index contributed by atoms with van der Waals surface area (Å²) >= 11 is 9.01. The summed E-state index contributed by atoms with van der Waals surface area (Å²) < 4.78 is 6.75. The van der Waals surface area contributed by atoms with Crippen LogP contribution in [0.5, 0.6) is 5.75 Å². The van der Waals surface area contributed by atoms with E-state index in [1.807, 2.05) is 65.6 Å². The second-order valence-electron chi connectivity index (χ2n) is 11.7. The molecule has 1 saturated heterocycles. The van der Waals surface area contributed by atoms with Crippen molar-refractivity contribution in [1.82, 2.24) is 15.1 Å². The van der Waals surface area contributed by atoms with Crippen molar-refractivity contribution in [3.63, 3.8) is 0 Å². The molecular weight excluding hydrogens is 696 g/mol. The number of para-hydroxylation sites is 1. The molecule has 0 aromatic heterocycles. The molecule has 0 bridgehead atoms. The minimum absolute atomic E-state index is 0.0823. The van der Waals surface area contributed by atoms with Gasteiger partial charge in [-0.2, -0.15) is 0 Å². The van der Waals surface area contributed by atoms with E-state index < -0.39 is 5.91 Å². The van der Waals surface area contributed by atoms with Gasteiger partial charge >= 0.3 is 0 Å². The first kappa shape index (κ1) is 34.0. The van der Waals surface area contributed by atoms with Crippen LogP contribution in [0.25, 0.3) is 0 Å². The molecule has 1 fully saturated rings. The van der Waals surface area contributed by atoms with Crippen molar-refractivity contribution < 1.29 is 14.3 Å². The van der Waals surface area contributed by atoms with Gasteiger partial charge in [0.15, 0.2) is 5.11 Å². The number of ether oxygens (including phenoxy) is 1. The Kier molecular flexibility index (Phi) is 11.5. The maximum Gasteiger partial charge on any atom is 0.261 e. The van der Waals surface area contributed by atoms with Crippen LogP contribution in [-0.2, 0) is 6.42 Å². The molecule has 1 aliphatic rings. The molecule has 0 saturated carbocycles. The van der Waals surface area contributed by atoms with Gasteiger partial charge in [-0.05, 0) is 59.2 Å². The van der Waals surface area contributed by atoms with E-state index in [1.54, 1.807) is 24.3 Å². The van der Waals surface area contributed by atoms with Crippen LogP contribution in [0.4, 0.5) is 5.69 Å². The van der Waals surface area contributed by atoms with Crippen LogP contribution < -0.4 is 15.4 Å². The smallest absolute Gasteiger partial charge is 0.261 e. The molecule has 2 N–H and O–H groups in total. The zero-order chi connectivity index (χ0) is 34.0. The number of nitrogens with one attached hydrogen (secondary N) is 2. The molecule has 2 amide bonds. The van der Waals surface area contributed by atoms with Crippen LogP contribution >= 0.6 is 28.1 Å². The topological polar surface area (TPSA) is 73.9 Å². The van der Waals surface area contributed by atoms with E-state index in [9.17, 15) is 9.59 Å². The number of carbonyl (C=O) groups is 2. The fourth-order valence-electron chi connectivity index (χ4n) is 6.07. The van der Waals surface area contributed by atoms with Gasteiger partial charge in [0, 0.05) is 37.1 Å². The second kappa shape index (κ2) is 16.5. The van der Waals surface area contributed by atoms with E-state index in [0.717, 1.165) is 23.1 Å².